The van der Waals surface area contributed by atoms with Gasteiger partial charge in [-0.25, -0.2) is 0 Å². The SMILES string of the molecule is CCCNC(C)C1CCN(C2CCCC(OC)C2)CC1. The van der Waals surface area contributed by atoms with E-state index in [4.69, 9.17) is 4.74 Å². The molecule has 1 N–H and O–H groups in total. The van der Waals surface area contributed by atoms with Crippen molar-refractivity contribution in [2.75, 3.05) is 26.7 Å². The quantitative estimate of drug-likeness (QED) is 0.810. The van der Waals surface area contributed by atoms with Crippen molar-refractivity contribution in [3.63, 3.8) is 0 Å². The molecule has 0 bridgehead atoms. The highest BCUT2D eigenvalue weighted by Crippen LogP contribution is 2.29. The molecule has 1 aliphatic carbocycles. The average Bonchev–Trinajstić information content (AvgIpc) is 2.52. The lowest BCUT2D eigenvalue weighted by atomic mass is 9.86. The van der Waals surface area contributed by atoms with Gasteiger partial charge in [-0.1, -0.05) is 6.92 Å². The number of rotatable bonds is 6. The molecule has 0 radical (unpaired) electrons. The fourth-order valence-corrected chi connectivity index (χ4v) is 3.99. The third-order valence-corrected chi connectivity index (χ3v) is 5.45. The molecule has 1 saturated carbocycles. The van der Waals surface area contributed by atoms with Crippen LogP contribution in [-0.4, -0.2) is 49.8 Å². The van der Waals surface area contributed by atoms with Gasteiger partial charge in [0, 0.05) is 19.2 Å². The standard InChI is InChI=1S/C17H34N2O/c1-4-10-18-14(2)15-8-11-19(12-9-15)16-6-5-7-17(13-16)20-3/h14-18H,4-13H2,1-3H3. The first-order valence-electron chi connectivity index (χ1n) is 8.74. The number of methoxy groups -OCH3 is 1. The van der Waals surface area contributed by atoms with Gasteiger partial charge in [0.25, 0.3) is 0 Å². The summed E-state index contributed by atoms with van der Waals surface area (Å²) in [5.41, 5.74) is 0. The number of piperidine rings is 1. The Balaban J connectivity index is 1.73. The lowest BCUT2D eigenvalue weighted by molar-refractivity contribution is 0.0158. The second-order valence-electron chi connectivity index (χ2n) is 6.79. The summed E-state index contributed by atoms with van der Waals surface area (Å²) in [6, 6.07) is 1.48. The highest BCUT2D eigenvalue weighted by atomic mass is 16.5. The van der Waals surface area contributed by atoms with Crippen molar-refractivity contribution in [3.05, 3.63) is 0 Å². The van der Waals surface area contributed by atoms with Crippen LogP contribution in [0.5, 0.6) is 0 Å². The van der Waals surface area contributed by atoms with E-state index in [2.05, 4.69) is 24.1 Å². The highest BCUT2D eigenvalue weighted by molar-refractivity contribution is 4.86. The molecule has 3 unspecified atom stereocenters. The predicted molar refractivity (Wildman–Crippen MR) is 85.1 cm³/mol. The topological polar surface area (TPSA) is 24.5 Å². The summed E-state index contributed by atoms with van der Waals surface area (Å²) < 4.78 is 5.58. The van der Waals surface area contributed by atoms with E-state index in [1.807, 2.05) is 7.11 Å². The number of nitrogens with zero attached hydrogens (tertiary/aromatic N) is 1. The van der Waals surface area contributed by atoms with Crippen molar-refractivity contribution in [1.29, 1.82) is 0 Å². The lowest BCUT2D eigenvalue weighted by Crippen LogP contribution is -2.47. The van der Waals surface area contributed by atoms with Crippen molar-refractivity contribution in [2.45, 2.75) is 77.0 Å². The minimum absolute atomic E-state index is 0.511. The Morgan fingerprint density at radius 1 is 1.20 bits per heavy atom. The number of ether oxygens (including phenoxy) is 1. The maximum atomic E-state index is 5.58. The number of likely N-dealkylation sites (tertiary alicyclic amines) is 1. The zero-order valence-electron chi connectivity index (χ0n) is 13.7. The monoisotopic (exact) mass is 282 g/mol. The van der Waals surface area contributed by atoms with E-state index >= 15 is 0 Å². The second kappa shape index (κ2) is 8.35. The van der Waals surface area contributed by atoms with Gasteiger partial charge in [0.2, 0.25) is 0 Å². The van der Waals surface area contributed by atoms with Crippen molar-refractivity contribution < 1.29 is 4.74 Å². The Kier molecular flexibility index (Phi) is 6.79. The molecule has 0 spiro atoms. The molecule has 2 rings (SSSR count). The van der Waals surface area contributed by atoms with E-state index in [9.17, 15) is 0 Å². The van der Waals surface area contributed by atoms with Crippen molar-refractivity contribution in [1.82, 2.24) is 10.2 Å². The van der Waals surface area contributed by atoms with Gasteiger partial charge in [0.15, 0.2) is 0 Å². The van der Waals surface area contributed by atoms with Crippen LogP contribution in [0.4, 0.5) is 0 Å². The van der Waals surface area contributed by atoms with Gasteiger partial charge in [-0.3, -0.25) is 0 Å². The van der Waals surface area contributed by atoms with Gasteiger partial charge in [0.05, 0.1) is 6.10 Å². The van der Waals surface area contributed by atoms with Crippen LogP contribution in [0, 0.1) is 5.92 Å². The van der Waals surface area contributed by atoms with Crippen molar-refractivity contribution >= 4 is 0 Å². The molecule has 20 heavy (non-hydrogen) atoms. The van der Waals surface area contributed by atoms with Crippen LogP contribution in [0.25, 0.3) is 0 Å². The molecule has 0 aromatic carbocycles. The normalized spacial score (nSPS) is 31.4. The Hall–Kier alpha value is -0.120. The molecule has 0 aromatic heterocycles. The Labute approximate surface area is 125 Å². The molecule has 1 heterocycles. The molecule has 3 atom stereocenters. The van der Waals surface area contributed by atoms with Gasteiger partial charge >= 0.3 is 0 Å². The molecule has 0 aromatic rings. The van der Waals surface area contributed by atoms with Crippen LogP contribution >= 0.6 is 0 Å². The first kappa shape index (κ1) is 16.3. The Morgan fingerprint density at radius 3 is 2.60 bits per heavy atom. The van der Waals surface area contributed by atoms with Crippen LogP contribution in [-0.2, 0) is 4.74 Å². The third kappa shape index (κ3) is 4.44. The Bertz CT molecular complexity index is 264. The molecule has 1 aliphatic heterocycles. The van der Waals surface area contributed by atoms with E-state index < -0.39 is 0 Å². The van der Waals surface area contributed by atoms with Crippen molar-refractivity contribution in [3.8, 4) is 0 Å². The molecule has 3 nitrogen and oxygen atoms in total. The maximum absolute atomic E-state index is 5.58. The van der Waals surface area contributed by atoms with Crippen LogP contribution in [0.2, 0.25) is 0 Å². The third-order valence-electron chi connectivity index (χ3n) is 5.45. The first-order chi connectivity index (χ1) is 9.74. The molecule has 2 aliphatic rings. The van der Waals surface area contributed by atoms with Gasteiger partial charge in [-0.2, -0.15) is 0 Å². The lowest BCUT2D eigenvalue weighted by Gasteiger charge is -2.42. The summed E-state index contributed by atoms with van der Waals surface area (Å²) in [5.74, 6) is 0.875. The summed E-state index contributed by atoms with van der Waals surface area (Å²) in [5, 5.41) is 3.67. The van der Waals surface area contributed by atoms with Crippen LogP contribution in [0.3, 0.4) is 0 Å². The summed E-state index contributed by atoms with van der Waals surface area (Å²) in [7, 11) is 1.88. The van der Waals surface area contributed by atoms with Gasteiger partial charge < -0.3 is 15.0 Å². The van der Waals surface area contributed by atoms with Gasteiger partial charge in [-0.15, -0.1) is 0 Å². The van der Waals surface area contributed by atoms with E-state index in [-0.39, 0.29) is 0 Å². The molecule has 2 fully saturated rings. The van der Waals surface area contributed by atoms with Crippen LogP contribution in [0.1, 0.15) is 58.8 Å². The molecule has 3 heteroatoms. The number of hydrogen-bond donors (Lipinski definition) is 1. The summed E-state index contributed by atoms with van der Waals surface area (Å²) in [4.78, 5) is 2.74. The second-order valence-corrected chi connectivity index (χ2v) is 6.79. The summed E-state index contributed by atoms with van der Waals surface area (Å²) in [6.07, 6.45) is 9.73. The maximum Gasteiger partial charge on any atom is 0.0586 e. The van der Waals surface area contributed by atoms with Crippen LogP contribution in [0.15, 0.2) is 0 Å². The fourth-order valence-electron chi connectivity index (χ4n) is 3.99. The first-order valence-corrected chi connectivity index (χ1v) is 8.74. The van der Waals surface area contributed by atoms with Gasteiger partial charge in [0.1, 0.15) is 0 Å². The number of hydrogen-bond acceptors (Lipinski definition) is 3. The highest BCUT2D eigenvalue weighted by Gasteiger charge is 2.30. The summed E-state index contributed by atoms with van der Waals surface area (Å²) in [6.45, 7) is 8.38. The molecular formula is C17H34N2O. The van der Waals surface area contributed by atoms with Crippen LogP contribution < -0.4 is 5.32 Å². The minimum Gasteiger partial charge on any atom is -0.381 e. The zero-order chi connectivity index (χ0) is 14.4. The fraction of sp³-hybridized carbons (Fsp3) is 1.00. The minimum atomic E-state index is 0.511. The van der Waals surface area contributed by atoms with E-state index in [1.165, 1.54) is 64.6 Å². The van der Waals surface area contributed by atoms with Gasteiger partial charge in [-0.05, 0) is 77.4 Å². The van der Waals surface area contributed by atoms with E-state index in [0.717, 1.165) is 12.0 Å². The predicted octanol–water partition coefficient (Wildman–Crippen LogP) is 3.04. The van der Waals surface area contributed by atoms with Crippen molar-refractivity contribution in [2.24, 2.45) is 5.92 Å². The van der Waals surface area contributed by atoms with E-state index in [0.29, 0.717) is 12.1 Å². The van der Waals surface area contributed by atoms with E-state index in [1.54, 1.807) is 0 Å². The zero-order valence-corrected chi connectivity index (χ0v) is 13.7. The number of nitrogens with one attached hydrogen (secondary N) is 1. The Morgan fingerprint density at radius 2 is 1.95 bits per heavy atom. The summed E-state index contributed by atoms with van der Waals surface area (Å²) >= 11 is 0. The smallest absolute Gasteiger partial charge is 0.0586 e. The molecule has 118 valence electrons. The largest absolute Gasteiger partial charge is 0.381 e. The molecule has 1 saturated heterocycles. The molecule has 0 amide bonds. The molecular weight excluding hydrogens is 248 g/mol. The average molecular weight is 282 g/mol.